The molecular weight excluding hydrogens is 190 g/mol. The topological polar surface area (TPSA) is 55.6 Å². The average Bonchev–Trinajstić information content (AvgIpc) is 2.99. The molecule has 0 aromatic carbocycles. The summed E-state index contributed by atoms with van der Waals surface area (Å²) in [5.41, 5.74) is 1.79. The Morgan fingerprint density at radius 1 is 1.40 bits per heavy atom. The van der Waals surface area contributed by atoms with Gasteiger partial charge >= 0.3 is 0 Å². The van der Waals surface area contributed by atoms with Gasteiger partial charge in [0.2, 0.25) is 0 Å². The van der Waals surface area contributed by atoms with E-state index in [0.717, 1.165) is 29.4 Å². The molecule has 5 nitrogen and oxygen atoms in total. The van der Waals surface area contributed by atoms with Crippen LogP contribution < -0.4 is 5.32 Å². The quantitative estimate of drug-likeness (QED) is 0.816. The van der Waals surface area contributed by atoms with Gasteiger partial charge in [0.1, 0.15) is 11.8 Å². The van der Waals surface area contributed by atoms with Crippen LogP contribution in [0.4, 0.5) is 5.82 Å². The molecule has 0 radical (unpaired) electrons. The number of aromatic nitrogens is 4. The molecule has 0 saturated heterocycles. The lowest BCUT2D eigenvalue weighted by atomic mass is 10.4. The number of rotatable bonds is 3. The number of hydrogen-bond acceptors (Lipinski definition) is 4. The van der Waals surface area contributed by atoms with Gasteiger partial charge in [-0.2, -0.15) is 0 Å². The molecule has 5 heteroatoms. The van der Waals surface area contributed by atoms with Gasteiger partial charge in [0.25, 0.3) is 0 Å². The highest BCUT2D eigenvalue weighted by Gasteiger charge is 2.23. The molecule has 1 fully saturated rings. The zero-order valence-electron chi connectivity index (χ0n) is 8.64. The molecule has 0 aliphatic heterocycles. The summed E-state index contributed by atoms with van der Waals surface area (Å²) < 4.78 is 2.12. The summed E-state index contributed by atoms with van der Waals surface area (Å²) >= 11 is 0. The Hall–Kier alpha value is -1.65. The Bertz CT molecular complexity index is 486. The Morgan fingerprint density at radius 3 is 3.00 bits per heavy atom. The summed E-state index contributed by atoms with van der Waals surface area (Å²) in [7, 11) is 1.85. The van der Waals surface area contributed by atoms with Gasteiger partial charge in [-0.05, 0) is 18.8 Å². The van der Waals surface area contributed by atoms with Crippen LogP contribution in [0.2, 0.25) is 0 Å². The summed E-state index contributed by atoms with van der Waals surface area (Å²) in [5, 5.41) is 3.03. The van der Waals surface area contributed by atoms with Crippen LogP contribution in [0.5, 0.6) is 0 Å². The molecule has 1 aliphatic carbocycles. The third kappa shape index (κ3) is 1.44. The lowest BCUT2D eigenvalue weighted by Gasteiger charge is -2.02. The lowest BCUT2D eigenvalue weighted by Crippen LogP contribution is -2.00. The van der Waals surface area contributed by atoms with Crippen molar-refractivity contribution in [1.29, 1.82) is 0 Å². The van der Waals surface area contributed by atoms with Crippen molar-refractivity contribution in [3.63, 3.8) is 0 Å². The lowest BCUT2D eigenvalue weighted by molar-refractivity contribution is 0.638. The van der Waals surface area contributed by atoms with Crippen molar-refractivity contribution in [3.05, 3.63) is 12.7 Å². The number of nitrogens with zero attached hydrogens (tertiary/aromatic N) is 4. The predicted octanol–water partition coefficient (Wildman–Crippen LogP) is 1.28. The second-order valence-corrected chi connectivity index (χ2v) is 3.98. The van der Waals surface area contributed by atoms with E-state index < -0.39 is 0 Å². The third-order valence-electron chi connectivity index (χ3n) is 2.79. The normalized spacial score (nSPS) is 15.8. The first-order valence-electron chi connectivity index (χ1n) is 5.22. The van der Waals surface area contributed by atoms with Crippen LogP contribution in [0.25, 0.3) is 11.2 Å². The number of imidazole rings is 1. The molecule has 0 amide bonds. The van der Waals surface area contributed by atoms with Crippen LogP contribution in [0, 0.1) is 5.92 Å². The zero-order valence-corrected chi connectivity index (χ0v) is 8.64. The van der Waals surface area contributed by atoms with Crippen LogP contribution in [-0.4, -0.2) is 26.6 Å². The zero-order chi connectivity index (χ0) is 10.3. The molecule has 1 aliphatic rings. The van der Waals surface area contributed by atoms with Crippen LogP contribution in [-0.2, 0) is 6.54 Å². The first kappa shape index (κ1) is 8.64. The van der Waals surface area contributed by atoms with Crippen molar-refractivity contribution < 1.29 is 0 Å². The molecule has 0 bridgehead atoms. The summed E-state index contributed by atoms with van der Waals surface area (Å²) in [5.74, 6) is 1.63. The molecule has 2 aromatic heterocycles. The van der Waals surface area contributed by atoms with Gasteiger partial charge in [-0.25, -0.2) is 15.0 Å². The highest BCUT2D eigenvalue weighted by atomic mass is 15.1. The highest BCUT2D eigenvalue weighted by Crippen LogP contribution is 2.31. The predicted molar refractivity (Wildman–Crippen MR) is 57.6 cm³/mol. The second-order valence-electron chi connectivity index (χ2n) is 3.98. The SMILES string of the molecule is CNc1ncnc2c1ncn2CC1CC1. The third-order valence-corrected chi connectivity index (χ3v) is 2.79. The number of anilines is 1. The van der Waals surface area contributed by atoms with E-state index in [1.54, 1.807) is 6.33 Å². The van der Waals surface area contributed by atoms with Crippen molar-refractivity contribution in [2.45, 2.75) is 19.4 Å². The first-order chi connectivity index (χ1) is 7.38. The first-order valence-corrected chi connectivity index (χ1v) is 5.22. The Balaban J connectivity index is 2.08. The van der Waals surface area contributed by atoms with E-state index in [-0.39, 0.29) is 0 Å². The van der Waals surface area contributed by atoms with E-state index in [2.05, 4.69) is 24.8 Å². The highest BCUT2D eigenvalue weighted by molar-refractivity contribution is 5.82. The van der Waals surface area contributed by atoms with E-state index in [0.29, 0.717) is 0 Å². The van der Waals surface area contributed by atoms with E-state index in [4.69, 9.17) is 0 Å². The summed E-state index contributed by atoms with van der Waals surface area (Å²) in [6.45, 7) is 1.04. The molecule has 15 heavy (non-hydrogen) atoms. The largest absolute Gasteiger partial charge is 0.371 e. The molecular formula is C10H13N5. The van der Waals surface area contributed by atoms with Crippen molar-refractivity contribution in [2.24, 2.45) is 5.92 Å². The van der Waals surface area contributed by atoms with Gasteiger partial charge in [0, 0.05) is 13.6 Å². The van der Waals surface area contributed by atoms with Crippen LogP contribution in [0.3, 0.4) is 0 Å². The smallest absolute Gasteiger partial charge is 0.165 e. The molecule has 1 saturated carbocycles. The second kappa shape index (κ2) is 3.18. The monoisotopic (exact) mass is 203 g/mol. The summed E-state index contributed by atoms with van der Waals surface area (Å²) in [6.07, 6.45) is 6.12. The minimum atomic E-state index is 0.801. The van der Waals surface area contributed by atoms with Gasteiger partial charge in [0.15, 0.2) is 11.5 Å². The van der Waals surface area contributed by atoms with Gasteiger partial charge in [0.05, 0.1) is 6.33 Å². The Labute approximate surface area is 87.6 Å². The van der Waals surface area contributed by atoms with Crippen LogP contribution in [0.15, 0.2) is 12.7 Å². The minimum absolute atomic E-state index is 0.801. The van der Waals surface area contributed by atoms with Crippen molar-refractivity contribution >= 4 is 17.0 Å². The summed E-state index contributed by atoms with van der Waals surface area (Å²) in [6, 6.07) is 0. The van der Waals surface area contributed by atoms with Crippen molar-refractivity contribution in [1.82, 2.24) is 19.5 Å². The van der Waals surface area contributed by atoms with E-state index in [1.165, 1.54) is 12.8 Å². The van der Waals surface area contributed by atoms with E-state index in [9.17, 15) is 0 Å². The number of hydrogen-bond donors (Lipinski definition) is 1. The maximum Gasteiger partial charge on any atom is 0.165 e. The molecule has 2 heterocycles. The Morgan fingerprint density at radius 2 is 2.27 bits per heavy atom. The molecule has 78 valence electrons. The molecule has 0 spiro atoms. The fourth-order valence-corrected chi connectivity index (χ4v) is 1.78. The maximum atomic E-state index is 4.35. The minimum Gasteiger partial charge on any atom is -0.371 e. The van der Waals surface area contributed by atoms with E-state index in [1.807, 2.05) is 13.4 Å². The molecule has 2 aromatic rings. The number of fused-ring (bicyclic) bond motifs is 1. The van der Waals surface area contributed by atoms with Crippen LogP contribution >= 0.6 is 0 Å². The van der Waals surface area contributed by atoms with E-state index >= 15 is 0 Å². The molecule has 0 atom stereocenters. The van der Waals surface area contributed by atoms with Gasteiger partial charge in [-0.15, -0.1) is 0 Å². The number of nitrogens with one attached hydrogen (secondary N) is 1. The van der Waals surface area contributed by atoms with Crippen molar-refractivity contribution in [3.8, 4) is 0 Å². The molecule has 3 rings (SSSR count). The van der Waals surface area contributed by atoms with Crippen molar-refractivity contribution in [2.75, 3.05) is 12.4 Å². The molecule has 0 unspecified atom stereocenters. The Kier molecular flexibility index (Phi) is 1.83. The van der Waals surface area contributed by atoms with Crippen LogP contribution in [0.1, 0.15) is 12.8 Å². The van der Waals surface area contributed by atoms with Gasteiger partial charge in [-0.1, -0.05) is 0 Å². The van der Waals surface area contributed by atoms with Gasteiger partial charge in [-0.3, -0.25) is 0 Å². The molecule has 1 N–H and O–H groups in total. The summed E-state index contributed by atoms with van der Waals surface area (Å²) in [4.78, 5) is 12.8. The fourth-order valence-electron chi connectivity index (χ4n) is 1.78. The maximum absolute atomic E-state index is 4.35. The fraction of sp³-hybridized carbons (Fsp3) is 0.500. The average molecular weight is 203 g/mol. The van der Waals surface area contributed by atoms with Gasteiger partial charge < -0.3 is 9.88 Å². The standard InChI is InChI=1S/C10H13N5/c1-11-9-8-10(13-5-12-9)15(6-14-8)4-7-2-3-7/h5-7H,2-4H2,1H3,(H,11,12,13).